The van der Waals surface area contributed by atoms with E-state index in [1.807, 2.05) is 36.4 Å². The molecule has 8 nitrogen and oxygen atoms in total. The standard InChI is InChI=1S/C25H32N4O4S/c1-4-10-19-18(5-2)15-20(34-19)24(31)28(13-9-14-33-3)21-22(26)29(25(32)27-23(21)30)16-17-11-7-6-8-12-17/h6-8,11-12,15H,4-5,9-10,13-14,16,26H2,1-3H3,(H,27,30,32). The van der Waals surface area contributed by atoms with Crippen LogP contribution >= 0.6 is 11.3 Å². The lowest BCUT2D eigenvalue weighted by Gasteiger charge is -2.24. The lowest BCUT2D eigenvalue weighted by atomic mass is 10.1. The zero-order valence-electron chi connectivity index (χ0n) is 19.9. The topological polar surface area (TPSA) is 110 Å². The normalized spacial score (nSPS) is 11.0. The minimum Gasteiger partial charge on any atom is -0.385 e. The number of H-pyrrole nitrogens is 1. The minimum atomic E-state index is -0.682. The minimum absolute atomic E-state index is 0.0138. The van der Waals surface area contributed by atoms with Crippen molar-refractivity contribution in [3.8, 4) is 0 Å². The van der Waals surface area contributed by atoms with Crippen molar-refractivity contribution < 1.29 is 9.53 Å². The molecule has 0 saturated carbocycles. The molecule has 0 atom stereocenters. The summed E-state index contributed by atoms with van der Waals surface area (Å²) in [5.41, 5.74) is 7.06. The highest BCUT2D eigenvalue weighted by molar-refractivity contribution is 7.14. The number of benzene rings is 1. The summed E-state index contributed by atoms with van der Waals surface area (Å²) in [6.45, 7) is 4.99. The number of ether oxygens (including phenoxy) is 1. The van der Waals surface area contributed by atoms with Crippen LogP contribution in [0.25, 0.3) is 0 Å². The number of aromatic nitrogens is 2. The molecule has 0 fully saturated rings. The average Bonchev–Trinajstić information content (AvgIpc) is 3.24. The number of hydrogen-bond acceptors (Lipinski definition) is 6. The second kappa shape index (κ2) is 11.8. The van der Waals surface area contributed by atoms with Gasteiger partial charge in [0.15, 0.2) is 5.69 Å². The van der Waals surface area contributed by atoms with Crippen LogP contribution in [0.5, 0.6) is 0 Å². The van der Waals surface area contributed by atoms with E-state index in [1.165, 1.54) is 25.7 Å². The van der Waals surface area contributed by atoms with E-state index in [0.29, 0.717) is 17.9 Å². The van der Waals surface area contributed by atoms with E-state index in [1.54, 1.807) is 7.11 Å². The molecule has 3 aromatic rings. The molecule has 1 aromatic carbocycles. The maximum absolute atomic E-state index is 13.7. The van der Waals surface area contributed by atoms with Crippen molar-refractivity contribution in [2.75, 3.05) is 30.9 Å². The first-order valence-electron chi connectivity index (χ1n) is 11.5. The fourth-order valence-electron chi connectivity index (χ4n) is 3.89. The summed E-state index contributed by atoms with van der Waals surface area (Å²) in [7, 11) is 1.58. The van der Waals surface area contributed by atoms with Crippen LogP contribution in [0.4, 0.5) is 11.5 Å². The first-order valence-corrected chi connectivity index (χ1v) is 12.3. The number of nitrogens with two attached hydrogens (primary N) is 1. The second-order valence-corrected chi connectivity index (χ2v) is 9.17. The van der Waals surface area contributed by atoms with Gasteiger partial charge < -0.3 is 10.5 Å². The zero-order valence-corrected chi connectivity index (χ0v) is 20.7. The molecule has 2 aromatic heterocycles. The van der Waals surface area contributed by atoms with Crippen LogP contribution in [0.2, 0.25) is 0 Å². The molecule has 0 bridgehead atoms. The number of nitrogens with one attached hydrogen (secondary N) is 1. The number of carbonyl (C=O) groups is 1. The summed E-state index contributed by atoms with van der Waals surface area (Å²) in [6.07, 6.45) is 3.21. The smallest absolute Gasteiger partial charge is 0.330 e. The van der Waals surface area contributed by atoms with Crippen molar-refractivity contribution in [3.63, 3.8) is 0 Å². The van der Waals surface area contributed by atoms with Gasteiger partial charge in [0, 0.05) is 25.1 Å². The van der Waals surface area contributed by atoms with Crippen LogP contribution in [-0.2, 0) is 24.1 Å². The predicted molar refractivity (Wildman–Crippen MR) is 137 cm³/mol. The summed E-state index contributed by atoms with van der Waals surface area (Å²) >= 11 is 1.46. The number of carbonyl (C=O) groups excluding carboxylic acids is 1. The molecule has 1 amide bonds. The average molecular weight is 485 g/mol. The molecular formula is C25H32N4O4S. The van der Waals surface area contributed by atoms with Gasteiger partial charge in [-0.15, -0.1) is 11.3 Å². The highest BCUT2D eigenvalue weighted by Gasteiger charge is 2.27. The fraction of sp³-hybridized carbons (Fsp3) is 0.400. The van der Waals surface area contributed by atoms with Gasteiger partial charge in [0.2, 0.25) is 0 Å². The Hall–Kier alpha value is -3.17. The van der Waals surface area contributed by atoms with Crippen molar-refractivity contribution in [1.82, 2.24) is 9.55 Å². The van der Waals surface area contributed by atoms with Crippen molar-refractivity contribution >= 4 is 28.7 Å². The molecule has 0 aliphatic rings. The lowest BCUT2D eigenvalue weighted by Crippen LogP contribution is -2.41. The summed E-state index contributed by atoms with van der Waals surface area (Å²) < 4.78 is 6.45. The van der Waals surface area contributed by atoms with Gasteiger partial charge >= 0.3 is 5.69 Å². The molecule has 34 heavy (non-hydrogen) atoms. The number of anilines is 2. The Kier molecular flexibility index (Phi) is 8.84. The van der Waals surface area contributed by atoms with Gasteiger partial charge in [0.25, 0.3) is 11.5 Å². The highest BCUT2D eigenvalue weighted by Crippen LogP contribution is 2.28. The van der Waals surface area contributed by atoms with Gasteiger partial charge in [-0.05, 0) is 36.5 Å². The third-order valence-electron chi connectivity index (χ3n) is 5.61. The Morgan fingerprint density at radius 1 is 1.21 bits per heavy atom. The van der Waals surface area contributed by atoms with Crippen molar-refractivity contribution in [1.29, 1.82) is 0 Å². The van der Waals surface area contributed by atoms with Crippen LogP contribution in [0, 0.1) is 0 Å². The Bertz CT molecular complexity index is 1230. The van der Waals surface area contributed by atoms with E-state index in [4.69, 9.17) is 10.5 Å². The molecule has 182 valence electrons. The van der Waals surface area contributed by atoms with E-state index in [9.17, 15) is 14.4 Å². The highest BCUT2D eigenvalue weighted by atomic mass is 32.1. The number of thiophene rings is 1. The summed E-state index contributed by atoms with van der Waals surface area (Å²) in [5, 5.41) is 0. The molecule has 0 unspecified atom stereocenters. The van der Waals surface area contributed by atoms with Gasteiger partial charge in [-0.25, -0.2) is 4.79 Å². The van der Waals surface area contributed by atoms with Crippen molar-refractivity contribution in [3.05, 3.63) is 78.1 Å². The Labute approximate surface area is 203 Å². The number of aromatic amines is 1. The number of nitrogens with zero attached hydrogens (tertiary/aromatic N) is 2. The SMILES string of the molecule is CCCc1sc(C(=O)N(CCCOC)c2c(N)n(Cc3ccccc3)c(=O)[nH]c2=O)cc1CC. The molecule has 0 saturated heterocycles. The number of methoxy groups -OCH3 is 1. The van der Waals surface area contributed by atoms with E-state index in [-0.39, 0.29) is 30.5 Å². The van der Waals surface area contributed by atoms with Crippen LogP contribution in [0.1, 0.15) is 52.4 Å². The molecule has 0 spiro atoms. The quantitative estimate of drug-likeness (QED) is 0.405. The number of hydrogen-bond donors (Lipinski definition) is 2. The van der Waals surface area contributed by atoms with Crippen LogP contribution < -0.4 is 21.9 Å². The molecular weight excluding hydrogens is 452 g/mol. The summed E-state index contributed by atoms with van der Waals surface area (Å²) in [5.74, 6) is -0.343. The monoisotopic (exact) mass is 484 g/mol. The number of nitrogen functional groups attached to an aromatic ring is 1. The summed E-state index contributed by atoms with van der Waals surface area (Å²) in [6, 6.07) is 11.2. The van der Waals surface area contributed by atoms with Gasteiger partial charge in [0.1, 0.15) is 5.82 Å². The van der Waals surface area contributed by atoms with E-state index in [2.05, 4.69) is 18.8 Å². The van der Waals surface area contributed by atoms with E-state index in [0.717, 1.165) is 30.4 Å². The molecule has 0 aliphatic heterocycles. The Morgan fingerprint density at radius 2 is 1.94 bits per heavy atom. The Balaban J connectivity index is 2.08. The number of aryl methyl sites for hydroxylation is 2. The van der Waals surface area contributed by atoms with E-state index >= 15 is 0 Å². The number of amides is 1. The zero-order chi connectivity index (χ0) is 24.7. The first kappa shape index (κ1) is 25.5. The van der Waals surface area contributed by atoms with Crippen LogP contribution in [-0.4, -0.2) is 35.7 Å². The van der Waals surface area contributed by atoms with E-state index < -0.39 is 11.2 Å². The van der Waals surface area contributed by atoms with Crippen molar-refractivity contribution in [2.45, 2.75) is 46.1 Å². The molecule has 9 heteroatoms. The van der Waals surface area contributed by atoms with Gasteiger partial charge in [-0.3, -0.25) is 24.0 Å². The van der Waals surface area contributed by atoms with Gasteiger partial charge in [-0.1, -0.05) is 50.6 Å². The fourth-order valence-corrected chi connectivity index (χ4v) is 5.19. The molecule has 0 radical (unpaired) electrons. The maximum Gasteiger partial charge on any atom is 0.330 e. The third kappa shape index (κ3) is 5.66. The van der Waals surface area contributed by atoms with Crippen molar-refractivity contribution in [2.24, 2.45) is 0 Å². The Morgan fingerprint density at radius 3 is 2.59 bits per heavy atom. The second-order valence-electron chi connectivity index (χ2n) is 8.03. The number of rotatable bonds is 11. The van der Waals surface area contributed by atoms with Crippen LogP contribution in [0.15, 0.2) is 46.0 Å². The lowest BCUT2D eigenvalue weighted by molar-refractivity contribution is 0.0987. The summed E-state index contributed by atoms with van der Waals surface area (Å²) in [4.78, 5) is 44.7. The molecule has 0 aliphatic carbocycles. The van der Waals surface area contributed by atoms with Gasteiger partial charge in [0.05, 0.1) is 11.4 Å². The largest absolute Gasteiger partial charge is 0.385 e. The first-order chi connectivity index (χ1) is 16.4. The molecule has 2 heterocycles. The molecule has 3 N–H and O–H groups in total. The maximum atomic E-state index is 13.7. The molecule has 3 rings (SSSR count). The van der Waals surface area contributed by atoms with Crippen LogP contribution in [0.3, 0.4) is 0 Å². The third-order valence-corrected chi connectivity index (χ3v) is 6.83. The predicted octanol–water partition coefficient (Wildman–Crippen LogP) is 3.43. The van der Waals surface area contributed by atoms with Gasteiger partial charge in [-0.2, -0.15) is 0 Å².